The van der Waals surface area contributed by atoms with Gasteiger partial charge in [0.1, 0.15) is 25.0 Å². The van der Waals surface area contributed by atoms with E-state index in [9.17, 15) is 14.4 Å². The van der Waals surface area contributed by atoms with Crippen LogP contribution in [0.25, 0.3) is 0 Å². The van der Waals surface area contributed by atoms with Crippen LogP contribution in [0.5, 0.6) is 0 Å². The Balaban J connectivity index is 1.76. The van der Waals surface area contributed by atoms with E-state index in [1.807, 2.05) is 13.8 Å². The van der Waals surface area contributed by atoms with Crippen molar-refractivity contribution in [1.29, 1.82) is 0 Å². The first kappa shape index (κ1) is 17.7. The number of fused-ring (bicyclic) bond motifs is 1. The number of hydrogen-bond donors (Lipinski definition) is 1. The third-order valence-electron chi connectivity index (χ3n) is 4.72. The zero-order valence-corrected chi connectivity index (χ0v) is 14.6. The summed E-state index contributed by atoms with van der Waals surface area (Å²) in [4.78, 5) is 39.2. The van der Waals surface area contributed by atoms with Gasteiger partial charge in [0.05, 0.1) is 17.9 Å². The molecule has 0 aromatic carbocycles. The van der Waals surface area contributed by atoms with E-state index in [1.54, 1.807) is 11.0 Å². The second-order valence-electron chi connectivity index (χ2n) is 7.10. The molecule has 1 aromatic rings. The zero-order valence-electron chi connectivity index (χ0n) is 14.6. The SMILES string of the molecule is CC(C)C[C@H](NC(=O)c1ccoc1)C(=O)N1CCC[C@@H]2OCC(=O)[C@@H]21. The highest BCUT2D eigenvalue weighted by Gasteiger charge is 2.45. The monoisotopic (exact) mass is 348 g/mol. The van der Waals surface area contributed by atoms with Crippen molar-refractivity contribution in [3.63, 3.8) is 0 Å². The number of hydrogen-bond acceptors (Lipinski definition) is 5. The lowest BCUT2D eigenvalue weighted by molar-refractivity contribution is -0.142. The fourth-order valence-electron chi connectivity index (χ4n) is 3.57. The predicted molar refractivity (Wildman–Crippen MR) is 88.9 cm³/mol. The number of carbonyl (C=O) groups is 3. The number of nitrogens with one attached hydrogen (secondary N) is 1. The van der Waals surface area contributed by atoms with E-state index in [0.717, 1.165) is 12.8 Å². The molecule has 7 heteroatoms. The minimum absolute atomic E-state index is 0.0532. The largest absolute Gasteiger partial charge is 0.472 e. The lowest BCUT2D eigenvalue weighted by Crippen LogP contribution is -2.58. The van der Waals surface area contributed by atoms with Gasteiger partial charge in [0.15, 0.2) is 5.78 Å². The zero-order chi connectivity index (χ0) is 18.0. The maximum absolute atomic E-state index is 13.1. The van der Waals surface area contributed by atoms with Crippen molar-refractivity contribution in [3.05, 3.63) is 24.2 Å². The number of piperidine rings is 1. The normalized spacial score (nSPS) is 24.3. The minimum atomic E-state index is -0.672. The third-order valence-corrected chi connectivity index (χ3v) is 4.72. The number of furan rings is 1. The molecule has 2 fully saturated rings. The van der Waals surface area contributed by atoms with Crippen molar-refractivity contribution < 1.29 is 23.5 Å². The molecule has 0 saturated carbocycles. The van der Waals surface area contributed by atoms with Gasteiger partial charge in [-0.15, -0.1) is 0 Å². The number of carbonyl (C=O) groups excluding carboxylic acids is 3. The van der Waals surface area contributed by atoms with Crippen molar-refractivity contribution in [2.24, 2.45) is 5.92 Å². The van der Waals surface area contributed by atoms with Gasteiger partial charge in [-0.3, -0.25) is 14.4 Å². The van der Waals surface area contributed by atoms with E-state index in [-0.39, 0.29) is 36.2 Å². The molecule has 2 amide bonds. The molecule has 3 heterocycles. The standard InChI is InChI=1S/C18H24N2O5/c1-11(2)8-13(19-17(22)12-5-7-24-9-12)18(23)20-6-3-4-15-16(20)14(21)10-25-15/h5,7,9,11,13,15-16H,3-4,6,8,10H2,1-2H3,(H,19,22)/t13-,15-,16-/m0/s1. The topological polar surface area (TPSA) is 88.8 Å². The van der Waals surface area contributed by atoms with E-state index in [1.165, 1.54) is 12.5 Å². The fraction of sp³-hybridized carbons (Fsp3) is 0.611. The Labute approximate surface area is 146 Å². The van der Waals surface area contributed by atoms with Crippen molar-refractivity contribution in [2.45, 2.75) is 51.3 Å². The molecule has 2 saturated heterocycles. The van der Waals surface area contributed by atoms with Gasteiger partial charge < -0.3 is 19.4 Å². The van der Waals surface area contributed by atoms with Gasteiger partial charge in [0, 0.05) is 6.54 Å². The van der Waals surface area contributed by atoms with Crippen molar-refractivity contribution in [3.8, 4) is 0 Å². The molecule has 136 valence electrons. The van der Waals surface area contributed by atoms with Gasteiger partial charge in [-0.1, -0.05) is 13.8 Å². The van der Waals surface area contributed by atoms with Crippen LogP contribution in [0, 0.1) is 5.92 Å². The quantitative estimate of drug-likeness (QED) is 0.868. The molecule has 0 radical (unpaired) electrons. The van der Waals surface area contributed by atoms with Crippen LogP contribution >= 0.6 is 0 Å². The molecule has 7 nitrogen and oxygen atoms in total. The summed E-state index contributed by atoms with van der Waals surface area (Å²) >= 11 is 0. The molecule has 1 N–H and O–H groups in total. The predicted octanol–water partition coefficient (Wildman–Crippen LogP) is 1.38. The summed E-state index contributed by atoms with van der Waals surface area (Å²) in [5.41, 5.74) is 0.373. The van der Waals surface area contributed by atoms with Crippen LogP contribution in [0.2, 0.25) is 0 Å². The van der Waals surface area contributed by atoms with E-state index in [0.29, 0.717) is 18.5 Å². The summed E-state index contributed by atoms with van der Waals surface area (Å²) in [5, 5.41) is 2.80. The average molecular weight is 348 g/mol. The molecule has 0 unspecified atom stereocenters. The van der Waals surface area contributed by atoms with Crippen LogP contribution in [-0.4, -0.2) is 53.8 Å². The summed E-state index contributed by atoms with van der Waals surface area (Å²) in [6.45, 7) is 4.57. The van der Waals surface area contributed by atoms with Gasteiger partial charge in [-0.25, -0.2) is 0 Å². The van der Waals surface area contributed by atoms with Gasteiger partial charge in [0.2, 0.25) is 5.91 Å². The second kappa shape index (κ2) is 7.39. The van der Waals surface area contributed by atoms with Crippen molar-refractivity contribution in [1.82, 2.24) is 10.2 Å². The number of ether oxygens (including phenoxy) is 1. The first-order valence-electron chi connectivity index (χ1n) is 8.75. The Hall–Kier alpha value is -2.15. The summed E-state index contributed by atoms with van der Waals surface area (Å²) in [6.07, 6.45) is 4.64. The Bertz CT molecular complexity index is 640. The third kappa shape index (κ3) is 3.76. The highest BCUT2D eigenvalue weighted by Crippen LogP contribution is 2.27. The second-order valence-corrected chi connectivity index (χ2v) is 7.10. The Morgan fingerprint density at radius 3 is 2.88 bits per heavy atom. The highest BCUT2D eigenvalue weighted by molar-refractivity contribution is 5.98. The molecule has 0 bridgehead atoms. The number of ketones is 1. The minimum Gasteiger partial charge on any atom is -0.472 e. The van der Waals surface area contributed by atoms with Gasteiger partial charge in [-0.2, -0.15) is 0 Å². The highest BCUT2D eigenvalue weighted by atomic mass is 16.5. The molecule has 25 heavy (non-hydrogen) atoms. The maximum atomic E-state index is 13.1. The molecule has 2 aliphatic heterocycles. The first-order valence-corrected chi connectivity index (χ1v) is 8.75. The average Bonchev–Trinajstić information content (AvgIpc) is 3.23. The number of amides is 2. The Morgan fingerprint density at radius 2 is 2.20 bits per heavy atom. The van der Waals surface area contributed by atoms with E-state index in [2.05, 4.69) is 5.32 Å². The number of rotatable bonds is 5. The maximum Gasteiger partial charge on any atom is 0.255 e. The molecule has 2 aliphatic rings. The summed E-state index contributed by atoms with van der Waals surface area (Å²) in [5.74, 6) is -0.397. The van der Waals surface area contributed by atoms with Crippen molar-refractivity contribution >= 4 is 17.6 Å². The summed E-state index contributed by atoms with van der Waals surface area (Å²) in [7, 11) is 0. The van der Waals surface area contributed by atoms with E-state index >= 15 is 0 Å². The van der Waals surface area contributed by atoms with Crippen LogP contribution in [0.1, 0.15) is 43.5 Å². The molecule has 3 rings (SSSR count). The van der Waals surface area contributed by atoms with Crippen LogP contribution in [0.3, 0.4) is 0 Å². The molecule has 3 atom stereocenters. The Morgan fingerprint density at radius 1 is 1.40 bits per heavy atom. The molecule has 1 aromatic heterocycles. The lowest BCUT2D eigenvalue weighted by Gasteiger charge is -2.37. The Kier molecular flexibility index (Phi) is 5.22. The van der Waals surface area contributed by atoms with Crippen LogP contribution in [0.4, 0.5) is 0 Å². The number of Topliss-reactive ketones (excluding diaryl/α,β-unsaturated/α-hetero) is 1. The van der Waals surface area contributed by atoms with E-state index < -0.39 is 12.1 Å². The van der Waals surface area contributed by atoms with Gasteiger partial charge in [0.25, 0.3) is 5.91 Å². The summed E-state index contributed by atoms with van der Waals surface area (Å²) in [6, 6.07) is 0.369. The number of likely N-dealkylation sites (tertiary alicyclic amines) is 1. The van der Waals surface area contributed by atoms with Crippen LogP contribution < -0.4 is 5.32 Å². The molecular weight excluding hydrogens is 324 g/mol. The van der Waals surface area contributed by atoms with E-state index in [4.69, 9.17) is 9.15 Å². The molecule has 0 spiro atoms. The molecule has 0 aliphatic carbocycles. The van der Waals surface area contributed by atoms with Gasteiger partial charge >= 0.3 is 0 Å². The lowest BCUT2D eigenvalue weighted by atomic mass is 9.95. The van der Waals surface area contributed by atoms with Gasteiger partial charge in [-0.05, 0) is 31.2 Å². The fourth-order valence-corrected chi connectivity index (χ4v) is 3.57. The molecular formula is C18H24N2O5. The summed E-state index contributed by atoms with van der Waals surface area (Å²) < 4.78 is 10.4. The first-order chi connectivity index (χ1) is 12.0. The van der Waals surface area contributed by atoms with Crippen LogP contribution in [0.15, 0.2) is 23.0 Å². The number of nitrogens with zero attached hydrogens (tertiary/aromatic N) is 1. The smallest absolute Gasteiger partial charge is 0.255 e. The van der Waals surface area contributed by atoms with Crippen molar-refractivity contribution in [2.75, 3.05) is 13.2 Å². The van der Waals surface area contributed by atoms with Crippen LogP contribution in [-0.2, 0) is 14.3 Å².